The molecule has 17 heavy (non-hydrogen) atoms. The molecule has 0 aromatic carbocycles. The van der Waals surface area contributed by atoms with Gasteiger partial charge in [-0.3, -0.25) is 0 Å². The molecule has 0 saturated heterocycles. The Bertz CT molecular complexity index is 244. The molecular weight excluding hydrogens is 216 g/mol. The average molecular weight is 242 g/mol. The average Bonchev–Trinajstić information content (AvgIpc) is 2.61. The molecule has 1 aliphatic rings. The molecule has 0 radical (unpaired) electrons. The number of urea groups is 1. The highest BCUT2D eigenvalue weighted by molar-refractivity contribution is 5.74. The van der Waals surface area contributed by atoms with Crippen LogP contribution in [0.2, 0.25) is 0 Å². The minimum Gasteiger partial charge on any atom is -0.393 e. The SMILES string of the molecule is CC(O)CC(C)CNC(=O)NC1CCCC1C. The Balaban J connectivity index is 2.16. The van der Waals surface area contributed by atoms with Crippen LogP contribution < -0.4 is 10.6 Å². The standard InChI is InChI=1S/C13H26N2O2/c1-9(7-11(3)16)8-14-13(17)15-12-6-4-5-10(12)2/h9-12,16H,4-8H2,1-3H3,(H2,14,15,17). The van der Waals surface area contributed by atoms with E-state index in [9.17, 15) is 9.90 Å². The van der Waals surface area contributed by atoms with Crippen molar-refractivity contribution >= 4 is 6.03 Å². The zero-order valence-corrected chi connectivity index (χ0v) is 11.2. The fourth-order valence-electron chi connectivity index (χ4n) is 2.51. The molecule has 0 bridgehead atoms. The number of hydrogen-bond donors (Lipinski definition) is 3. The van der Waals surface area contributed by atoms with Gasteiger partial charge in [-0.1, -0.05) is 20.3 Å². The molecule has 2 amide bonds. The van der Waals surface area contributed by atoms with Crippen molar-refractivity contribution in [1.82, 2.24) is 10.6 Å². The number of carbonyl (C=O) groups is 1. The molecule has 0 aromatic rings. The van der Waals surface area contributed by atoms with Crippen LogP contribution in [0.1, 0.15) is 46.5 Å². The van der Waals surface area contributed by atoms with E-state index in [0.717, 1.165) is 12.8 Å². The van der Waals surface area contributed by atoms with Gasteiger partial charge in [0, 0.05) is 12.6 Å². The Hall–Kier alpha value is -0.770. The second-order valence-corrected chi connectivity index (χ2v) is 5.56. The van der Waals surface area contributed by atoms with Crippen molar-refractivity contribution in [1.29, 1.82) is 0 Å². The van der Waals surface area contributed by atoms with Crippen LogP contribution in [0.25, 0.3) is 0 Å². The van der Waals surface area contributed by atoms with Crippen LogP contribution >= 0.6 is 0 Å². The summed E-state index contributed by atoms with van der Waals surface area (Å²) >= 11 is 0. The quantitative estimate of drug-likeness (QED) is 0.689. The number of hydrogen-bond acceptors (Lipinski definition) is 2. The first-order valence-electron chi connectivity index (χ1n) is 6.71. The van der Waals surface area contributed by atoms with Crippen LogP contribution in [0, 0.1) is 11.8 Å². The lowest BCUT2D eigenvalue weighted by atomic mass is 10.0. The monoisotopic (exact) mass is 242 g/mol. The van der Waals surface area contributed by atoms with Crippen LogP contribution in [0.5, 0.6) is 0 Å². The molecule has 4 unspecified atom stereocenters. The normalized spacial score (nSPS) is 27.5. The van der Waals surface area contributed by atoms with Crippen molar-refractivity contribution < 1.29 is 9.90 Å². The molecule has 0 aliphatic heterocycles. The summed E-state index contributed by atoms with van der Waals surface area (Å²) < 4.78 is 0. The van der Waals surface area contributed by atoms with Gasteiger partial charge in [0.05, 0.1) is 6.10 Å². The minimum absolute atomic E-state index is 0.0683. The number of rotatable bonds is 5. The van der Waals surface area contributed by atoms with Gasteiger partial charge in [0.15, 0.2) is 0 Å². The van der Waals surface area contributed by atoms with Crippen LogP contribution in [-0.2, 0) is 0 Å². The van der Waals surface area contributed by atoms with E-state index in [4.69, 9.17) is 0 Å². The first-order valence-corrected chi connectivity index (χ1v) is 6.71. The molecule has 1 rings (SSSR count). The summed E-state index contributed by atoms with van der Waals surface area (Å²) in [5, 5.41) is 15.1. The topological polar surface area (TPSA) is 61.4 Å². The van der Waals surface area contributed by atoms with E-state index in [1.165, 1.54) is 12.8 Å². The van der Waals surface area contributed by atoms with E-state index in [0.29, 0.717) is 24.4 Å². The van der Waals surface area contributed by atoms with Gasteiger partial charge in [0.1, 0.15) is 0 Å². The molecule has 1 aliphatic carbocycles. The van der Waals surface area contributed by atoms with E-state index in [2.05, 4.69) is 17.6 Å². The molecular formula is C13H26N2O2. The van der Waals surface area contributed by atoms with Gasteiger partial charge >= 0.3 is 6.03 Å². The third-order valence-electron chi connectivity index (χ3n) is 3.53. The maximum Gasteiger partial charge on any atom is 0.315 e. The molecule has 0 aromatic heterocycles. The molecule has 1 fully saturated rings. The molecule has 0 spiro atoms. The van der Waals surface area contributed by atoms with Gasteiger partial charge in [-0.05, 0) is 38.0 Å². The third kappa shape index (κ3) is 5.39. The number of aliphatic hydroxyl groups is 1. The molecule has 1 saturated carbocycles. The predicted octanol–water partition coefficient (Wildman–Crippen LogP) is 1.88. The van der Waals surface area contributed by atoms with Crippen LogP contribution in [-0.4, -0.2) is 29.8 Å². The lowest BCUT2D eigenvalue weighted by molar-refractivity contribution is 0.163. The minimum atomic E-state index is -0.301. The van der Waals surface area contributed by atoms with Crippen molar-refractivity contribution in [3.05, 3.63) is 0 Å². The number of aliphatic hydroxyl groups excluding tert-OH is 1. The first kappa shape index (κ1) is 14.3. The van der Waals surface area contributed by atoms with Gasteiger partial charge in [-0.25, -0.2) is 4.79 Å². The summed E-state index contributed by atoms with van der Waals surface area (Å²) in [6, 6.07) is 0.267. The van der Waals surface area contributed by atoms with Crippen LogP contribution in [0.4, 0.5) is 4.79 Å². The van der Waals surface area contributed by atoms with Gasteiger partial charge < -0.3 is 15.7 Å². The summed E-state index contributed by atoms with van der Waals surface area (Å²) in [5.74, 6) is 0.900. The number of nitrogens with one attached hydrogen (secondary N) is 2. The molecule has 0 heterocycles. The Morgan fingerprint density at radius 3 is 2.65 bits per heavy atom. The van der Waals surface area contributed by atoms with Crippen molar-refractivity contribution in [3.63, 3.8) is 0 Å². The summed E-state index contributed by atoms with van der Waals surface area (Å²) in [7, 11) is 0. The molecule has 100 valence electrons. The van der Waals surface area contributed by atoms with E-state index in [1.54, 1.807) is 6.92 Å². The lowest BCUT2D eigenvalue weighted by Crippen LogP contribution is -2.44. The van der Waals surface area contributed by atoms with Crippen molar-refractivity contribution in [2.24, 2.45) is 11.8 Å². The number of carbonyl (C=O) groups excluding carboxylic acids is 1. The maximum atomic E-state index is 11.7. The summed E-state index contributed by atoms with van der Waals surface area (Å²) in [6.07, 6.45) is 3.94. The highest BCUT2D eigenvalue weighted by atomic mass is 16.3. The fraction of sp³-hybridized carbons (Fsp3) is 0.923. The van der Waals surface area contributed by atoms with Gasteiger partial charge in [0.25, 0.3) is 0 Å². The lowest BCUT2D eigenvalue weighted by Gasteiger charge is -2.19. The third-order valence-corrected chi connectivity index (χ3v) is 3.53. The Morgan fingerprint density at radius 1 is 1.41 bits per heavy atom. The zero-order valence-electron chi connectivity index (χ0n) is 11.2. The van der Waals surface area contributed by atoms with Crippen LogP contribution in [0.15, 0.2) is 0 Å². The van der Waals surface area contributed by atoms with Crippen molar-refractivity contribution in [3.8, 4) is 0 Å². The molecule has 3 N–H and O–H groups in total. The molecule has 4 heteroatoms. The van der Waals surface area contributed by atoms with Crippen LogP contribution in [0.3, 0.4) is 0 Å². The van der Waals surface area contributed by atoms with E-state index in [1.807, 2.05) is 6.92 Å². The first-order chi connectivity index (χ1) is 7.99. The van der Waals surface area contributed by atoms with E-state index >= 15 is 0 Å². The Morgan fingerprint density at radius 2 is 2.12 bits per heavy atom. The maximum absolute atomic E-state index is 11.7. The molecule has 4 atom stereocenters. The van der Waals surface area contributed by atoms with E-state index < -0.39 is 0 Å². The summed E-state index contributed by atoms with van der Waals surface area (Å²) in [6.45, 7) is 6.62. The second-order valence-electron chi connectivity index (χ2n) is 5.56. The Labute approximate surface area is 104 Å². The highest BCUT2D eigenvalue weighted by Gasteiger charge is 2.24. The smallest absolute Gasteiger partial charge is 0.315 e. The zero-order chi connectivity index (χ0) is 12.8. The predicted molar refractivity (Wildman–Crippen MR) is 68.8 cm³/mol. The molecule has 4 nitrogen and oxygen atoms in total. The van der Waals surface area contributed by atoms with E-state index in [-0.39, 0.29) is 12.1 Å². The highest BCUT2D eigenvalue weighted by Crippen LogP contribution is 2.24. The van der Waals surface area contributed by atoms with Gasteiger partial charge in [-0.2, -0.15) is 0 Å². The Kier molecular flexibility index (Phi) is 5.75. The van der Waals surface area contributed by atoms with Gasteiger partial charge in [0.2, 0.25) is 0 Å². The number of amides is 2. The fourth-order valence-corrected chi connectivity index (χ4v) is 2.51. The largest absolute Gasteiger partial charge is 0.393 e. The second kappa shape index (κ2) is 6.84. The van der Waals surface area contributed by atoms with Gasteiger partial charge in [-0.15, -0.1) is 0 Å². The summed E-state index contributed by atoms with van der Waals surface area (Å²) in [5.41, 5.74) is 0. The van der Waals surface area contributed by atoms with Crippen molar-refractivity contribution in [2.75, 3.05) is 6.54 Å². The van der Waals surface area contributed by atoms with Crippen molar-refractivity contribution in [2.45, 2.75) is 58.6 Å². The summed E-state index contributed by atoms with van der Waals surface area (Å²) in [4.78, 5) is 11.7.